The van der Waals surface area contributed by atoms with Gasteiger partial charge in [-0.15, -0.1) is 0 Å². The van der Waals surface area contributed by atoms with Crippen LogP contribution in [0, 0.1) is 18.3 Å². The summed E-state index contributed by atoms with van der Waals surface area (Å²) >= 11 is 0. The summed E-state index contributed by atoms with van der Waals surface area (Å²) in [6, 6.07) is 13.7. The smallest absolute Gasteiger partial charge is 0.387 e. The van der Waals surface area contributed by atoms with Crippen molar-refractivity contribution in [1.29, 1.82) is 5.26 Å². The standard InChI is InChI=1S/C15H12F2N2O/c1-10-5-4-6-11(9-18)14(10)19-12-7-2-3-8-13(12)20-15(16)17/h2-8,15,19H,1H3. The Kier molecular flexibility index (Phi) is 4.16. The Bertz CT molecular complexity index is 651. The summed E-state index contributed by atoms with van der Waals surface area (Å²) in [7, 11) is 0. The maximum Gasteiger partial charge on any atom is 0.387 e. The lowest BCUT2D eigenvalue weighted by Crippen LogP contribution is -2.05. The minimum absolute atomic E-state index is 0.0367. The number of aryl methyl sites for hydroxylation is 1. The highest BCUT2D eigenvalue weighted by Crippen LogP contribution is 2.31. The lowest BCUT2D eigenvalue weighted by atomic mass is 10.1. The molecule has 0 aliphatic carbocycles. The fraction of sp³-hybridized carbons (Fsp3) is 0.133. The molecule has 0 saturated heterocycles. The molecule has 0 aromatic heterocycles. The van der Waals surface area contributed by atoms with Crippen molar-refractivity contribution >= 4 is 11.4 Å². The van der Waals surface area contributed by atoms with E-state index in [4.69, 9.17) is 5.26 Å². The molecular weight excluding hydrogens is 262 g/mol. The van der Waals surface area contributed by atoms with Gasteiger partial charge in [-0.3, -0.25) is 0 Å². The lowest BCUT2D eigenvalue weighted by molar-refractivity contribution is -0.0493. The van der Waals surface area contributed by atoms with E-state index in [-0.39, 0.29) is 5.75 Å². The summed E-state index contributed by atoms with van der Waals surface area (Å²) in [5.74, 6) is 0.0367. The zero-order chi connectivity index (χ0) is 14.5. The van der Waals surface area contributed by atoms with Gasteiger partial charge in [-0.05, 0) is 30.7 Å². The van der Waals surface area contributed by atoms with Crippen LogP contribution in [0.2, 0.25) is 0 Å². The van der Waals surface area contributed by atoms with E-state index in [1.54, 1.807) is 30.3 Å². The van der Waals surface area contributed by atoms with Gasteiger partial charge in [0.25, 0.3) is 0 Å². The van der Waals surface area contributed by atoms with Crippen LogP contribution in [0.3, 0.4) is 0 Å². The Morgan fingerprint density at radius 1 is 1.15 bits per heavy atom. The first-order valence-electron chi connectivity index (χ1n) is 5.92. The fourth-order valence-corrected chi connectivity index (χ4v) is 1.83. The second-order valence-corrected chi connectivity index (χ2v) is 4.11. The number of nitrogens with one attached hydrogen (secondary N) is 1. The van der Waals surface area contributed by atoms with Crippen molar-refractivity contribution in [2.45, 2.75) is 13.5 Å². The predicted octanol–water partition coefficient (Wildman–Crippen LogP) is 4.21. The highest BCUT2D eigenvalue weighted by atomic mass is 19.3. The topological polar surface area (TPSA) is 45.0 Å². The normalized spacial score (nSPS) is 10.2. The third kappa shape index (κ3) is 3.04. The van der Waals surface area contributed by atoms with Crippen LogP contribution in [-0.4, -0.2) is 6.61 Å². The number of nitrogens with zero attached hydrogens (tertiary/aromatic N) is 1. The maximum absolute atomic E-state index is 12.4. The molecule has 2 aromatic carbocycles. The summed E-state index contributed by atoms with van der Waals surface area (Å²) in [5, 5.41) is 12.1. The molecule has 0 radical (unpaired) electrons. The number of benzene rings is 2. The second-order valence-electron chi connectivity index (χ2n) is 4.11. The lowest BCUT2D eigenvalue weighted by Gasteiger charge is -2.15. The van der Waals surface area contributed by atoms with Crippen molar-refractivity contribution in [1.82, 2.24) is 0 Å². The van der Waals surface area contributed by atoms with Crippen LogP contribution in [0.4, 0.5) is 20.2 Å². The molecule has 0 saturated carbocycles. The molecule has 0 bridgehead atoms. The van der Waals surface area contributed by atoms with Crippen molar-refractivity contribution in [3.63, 3.8) is 0 Å². The van der Waals surface area contributed by atoms with Gasteiger partial charge in [0.1, 0.15) is 11.8 Å². The quantitative estimate of drug-likeness (QED) is 0.908. The fourth-order valence-electron chi connectivity index (χ4n) is 1.83. The van der Waals surface area contributed by atoms with Crippen LogP contribution in [0.5, 0.6) is 5.75 Å². The SMILES string of the molecule is Cc1cccc(C#N)c1Nc1ccccc1OC(F)F. The van der Waals surface area contributed by atoms with Gasteiger partial charge in [0.2, 0.25) is 0 Å². The average Bonchev–Trinajstić information content (AvgIpc) is 2.42. The molecule has 0 atom stereocenters. The number of rotatable bonds is 4. The first-order valence-corrected chi connectivity index (χ1v) is 5.92. The number of hydrogen-bond acceptors (Lipinski definition) is 3. The van der Waals surface area contributed by atoms with Crippen LogP contribution < -0.4 is 10.1 Å². The molecule has 0 amide bonds. The minimum Gasteiger partial charge on any atom is -0.433 e. The van der Waals surface area contributed by atoms with Crippen LogP contribution in [-0.2, 0) is 0 Å². The van der Waals surface area contributed by atoms with Crippen molar-refractivity contribution in [2.24, 2.45) is 0 Å². The number of ether oxygens (including phenoxy) is 1. The monoisotopic (exact) mass is 274 g/mol. The molecule has 3 nitrogen and oxygen atoms in total. The largest absolute Gasteiger partial charge is 0.433 e. The number of nitriles is 1. The Labute approximate surface area is 115 Å². The van der Waals surface area contributed by atoms with E-state index in [1.807, 2.05) is 13.0 Å². The summed E-state index contributed by atoms with van der Waals surface area (Å²) in [4.78, 5) is 0. The zero-order valence-corrected chi connectivity index (χ0v) is 10.7. The molecule has 20 heavy (non-hydrogen) atoms. The molecule has 5 heteroatoms. The van der Waals surface area contributed by atoms with E-state index in [9.17, 15) is 8.78 Å². The predicted molar refractivity (Wildman–Crippen MR) is 72.3 cm³/mol. The number of para-hydroxylation sites is 3. The third-order valence-corrected chi connectivity index (χ3v) is 2.76. The molecule has 0 aliphatic rings. The molecule has 0 spiro atoms. The first-order chi connectivity index (χ1) is 9.61. The molecule has 0 fully saturated rings. The van der Waals surface area contributed by atoms with Crippen molar-refractivity contribution in [3.8, 4) is 11.8 Å². The van der Waals surface area contributed by atoms with E-state index in [2.05, 4.69) is 16.1 Å². The van der Waals surface area contributed by atoms with E-state index < -0.39 is 6.61 Å². The number of hydrogen-bond donors (Lipinski definition) is 1. The van der Waals surface area contributed by atoms with Crippen LogP contribution >= 0.6 is 0 Å². The summed E-state index contributed by atoms with van der Waals surface area (Å²) in [6.07, 6.45) is 0. The molecule has 0 unspecified atom stereocenters. The molecule has 102 valence electrons. The van der Waals surface area contributed by atoms with Crippen molar-refractivity contribution in [3.05, 3.63) is 53.6 Å². The van der Waals surface area contributed by atoms with Gasteiger partial charge in [-0.25, -0.2) is 0 Å². The van der Waals surface area contributed by atoms with Gasteiger partial charge in [0.05, 0.1) is 16.9 Å². The van der Waals surface area contributed by atoms with Gasteiger partial charge < -0.3 is 10.1 Å². The number of anilines is 2. The van der Waals surface area contributed by atoms with E-state index in [0.29, 0.717) is 16.9 Å². The second kappa shape index (κ2) is 6.02. The Hall–Kier alpha value is -2.61. The van der Waals surface area contributed by atoms with Gasteiger partial charge in [0, 0.05) is 0 Å². The Balaban J connectivity index is 2.38. The molecular formula is C15H12F2N2O. The third-order valence-electron chi connectivity index (χ3n) is 2.76. The summed E-state index contributed by atoms with van der Waals surface area (Å²) in [6.45, 7) is -1.06. The van der Waals surface area contributed by atoms with E-state index in [1.165, 1.54) is 6.07 Å². The van der Waals surface area contributed by atoms with E-state index >= 15 is 0 Å². The van der Waals surface area contributed by atoms with Gasteiger partial charge in [0.15, 0.2) is 0 Å². The molecule has 0 heterocycles. The highest BCUT2D eigenvalue weighted by Gasteiger charge is 2.11. The van der Waals surface area contributed by atoms with Crippen LogP contribution in [0.25, 0.3) is 0 Å². The minimum atomic E-state index is -2.90. The first kappa shape index (κ1) is 13.8. The molecule has 0 aliphatic heterocycles. The average molecular weight is 274 g/mol. The van der Waals surface area contributed by atoms with Crippen molar-refractivity contribution < 1.29 is 13.5 Å². The Morgan fingerprint density at radius 2 is 1.90 bits per heavy atom. The summed E-state index contributed by atoms with van der Waals surface area (Å²) < 4.78 is 29.2. The Morgan fingerprint density at radius 3 is 2.60 bits per heavy atom. The molecule has 2 aromatic rings. The molecule has 1 N–H and O–H groups in total. The maximum atomic E-state index is 12.4. The van der Waals surface area contributed by atoms with Gasteiger partial charge in [-0.1, -0.05) is 24.3 Å². The van der Waals surface area contributed by atoms with Crippen molar-refractivity contribution in [2.75, 3.05) is 5.32 Å². The van der Waals surface area contributed by atoms with Crippen LogP contribution in [0.1, 0.15) is 11.1 Å². The summed E-state index contributed by atoms with van der Waals surface area (Å²) in [5.41, 5.74) is 2.26. The number of halogens is 2. The van der Waals surface area contributed by atoms with E-state index in [0.717, 1.165) is 5.56 Å². The highest BCUT2D eigenvalue weighted by molar-refractivity contribution is 5.73. The van der Waals surface area contributed by atoms with Gasteiger partial charge >= 0.3 is 6.61 Å². The van der Waals surface area contributed by atoms with Crippen LogP contribution in [0.15, 0.2) is 42.5 Å². The molecule has 2 rings (SSSR count). The zero-order valence-electron chi connectivity index (χ0n) is 10.7. The number of alkyl halides is 2. The van der Waals surface area contributed by atoms with Gasteiger partial charge in [-0.2, -0.15) is 14.0 Å².